The molecule has 2 N–H and O–H groups in total. The summed E-state index contributed by atoms with van der Waals surface area (Å²) in [7, 11) is 4.20. The maximum atomic E-state index is 12.9. The van der Waals surface area contributed by atoms with E-state index in [2.05, 4.69) is 29.6 Å². The minimum atomic E-state index is -0.118. The fourth-order valence-electron chi connectivity index (χ4n) is 5.16. The van der Waals surface area contributed by atoms with Crippen LogP contribution in [0.15, 0.2) is 48.5 Å². The lowest BCUT2D eigenvalue weighted by Gasteiger charge is -2.43. The monoisotopic (exact) mass is 512 g/mol. The summed E-state index contributed by atoms with van der Waals surface area (Å²) >= 11 is 6.50. The molecule has 1 aliphatic carbocycles. The quantitative estimate of drug-likeness (QED) is 0.520. The van der Waals surface area contributed by atoms with E-state index in [4.69, 9.17) is 16.3 Å². The van der Waals surface area contributed by atoms with Crippen molar-refractivity contribution in [3.8, 4) is 5.75 Å². The van der Waals surface area contributed by atoms with Gasteiger partial charge in [0.15, 0.2) is 0 Å². The van der Waals surface area contributed by atoms with E-state index < -0.39 is 0 Å². The molecule has 1 saturated heterocycles. The molecule has 0 bridgehead atoms. The van der Waals surface area contributed by atoms with Crippen LogP contribution < -0.4 is 15.4 Å². The van der Waals surface area contributed by atoms with Gasteiger partial charge in [-0.25, -0.2) is 4.79 Å². The Balaban J connectivity index is 1.27. The molecule has 1 saturated carbocycles. The van der Waals surface area contributed by atoms with Gasteiger partial charge in [0, 0.05) is 49.3 Å². The number of likely N-dealkylation sites (N-methyl/N-ethyl adjacent to an activating group) is 1. The summed E-state index contributed by atoms with van der Waals surface area (Å²) in [5, 5.41) is 6.48. The van der Waals surface area contributed by atoms with Gasteiger partial charge >= 0.3 is 6.03 Å². The molecule has 2 fully saturated rings. The van der Waals surface area contributed by atoms with Crippen LogP contribution in [0.4, 0.5) is 10.5 Å². The molecule has 2 aromatic carbocycles. The number of carbonyl (C=O) groups is 2. The molecule has 36 heavy (non-hydrogen) atoms. The van der Waals surface area contributed by atoms with Crippen molar-refractivity contribution in [1.29, 1.82) is 0 Å². The van der Waals surface area contributed by atoms with Crippen molar-refractivity contribution in [1.82, 2.24) is 15.1 Å². The number of urea groups is 1. The first-order valence-corrected chi connectivity index (χ1v) is 13.3. The number of benzene rings is 2. The van der Waals surface area contributed by atoms with Gasteiger partial charge in [-0.15, -0.1) is 0 Å². The normalized spacial score (nSPS) is 18.1. The highest BCUT2D eigenvalue weighted by Crippen LogP contribution is 2.32. The average Bonchev–Trinajstić information content (AvgIpc) is 2.90. The van der Waals surface area contributed by atoms with Gasteiger partial charge in [0.05, 0.1) is 5.02 Å². The van der Waals surface area contributed by atoms with Crippen LogP contribution in [0.1, 0.15) is 55.3 Å². The second-order valence-electron chi connectivity index (χ2n) is 10.1. The molecule has 1 aliphatic heterocycles. The van der Waals surface area contributed by atoms with Gasteiger partial charge in [0.2, 0.25) is 0 Å². The first kappa shape index (κ1) is 26.3. The van der Waals surface area contributed by atoms with Crippen LogP contribution in [0.2, 0.25) is 5.02 Å². The highest BCUT2D eigenvalue weighted by atomic mass is 35.5. The lowest BCUT2D eigenvalue weighted by atomic mass is 9.80. The number of nitrogens with one attached hydrogen (secondary N) is 2. The molecule has 0 unspecified atom stereocenters. The molecule has 7 nitrogen and oxygen atoms in total. The molecule has 0 spiro atoms. The Morgan fingerprint density at radius 1 is 1.06 bits per heavy atom. The van der Waals surface area contributed by atoms with Gasteiger partial charge in [-0.1, -0.05) is 49.1 Å². The summed E-state index contributed by atoms with van der Waals surface area (Å²) in [6.45, 7) is 1.84. The number of piperidine rings is 1. The van der Waals surface area contributed by atoms with E-state index in [1.54, 1.807) is 23.1 Å². The van der Waals surface area contributed by atoms with Gasteiger partial charge in [0.25, 0.3) is 5.91 Å². The third kappa shape index (κ3) is 6.51. The number of anilines is 1. The number of carbonyl (C=O) groups excluding carboxylic acids is 2. The van der Waals surface area contributed by atoms with Gasteiger partial charge < -0.3 is 25.2 Å². The first-order valence-electron chi connectivity index (χ1n) is 12.9. The number of para-hydroxylation sites is 1. The number of halogens is 1. The van der Waals surface area contributed by atoms with E-state index in [9.17, 15) is 9.59 Å². The Bertz CT molecular complexity index is 1030. The molecule has 2 aliphatic rings. The lowest BCUT2D eigenvalue weighted by molar-refractivity contribution is 0.0799. The molecule has 0 aromatic heterocycles. The number of likely N-dealkylation sites (tertiary alicyclic amines) is 1. The summed E-state index contributed by atoms with van der Waals surface area (Å²) in [6.07, 6.45) is 7.25. The third-order valence-electron chi connectivity index (χ3n) is 7.55. The predicted molar refractivity (Wildman–Crippen MR) is 144 cm³/mol. The number of rotatable bonds is 7. The molecule has 194 valence electrons. The van der Waals surface area contributed by atoms with Gasteiger partial charge in [-0.05, 0) is 57.3 Å². The summed E-state index contributed by atoms with van der Waals surface area (Å²) in [4.78, 5) is 29.4. The highest BCUT2D eigenvalue weighted by molar-refractivity contribution is 6.32. The van der Waals surface area contributed by atoms with Crippen LogP contribution in [-0.4, -0.2) is 67.1 Å². The van der Waals surface area contributed by atoms with E-state index in [-0.39, 0.29) is 23.6 Å². The molecular formula is C28H37ClN4O3. The molecule has 0 atom stereocenters. The van der Waals surface area contributed by atoms with E-state index in [1.807, 2.05) is 30.3 Å². The van der Waals surface area contributed by atoms with Gasteiger partial charge in [0.1, 0.15) is 11.9 Å². The van der Waals surface area contributed by atoms with E-state index >= 15 is 0 Å². The van der Waals surface area contributed by atoms with E-state index in [0.29, 0.717) is 48.8 Å². The second kappa shape index (κ2) is 12.0. The van der Waals surface area contributed by atoms with Crippen LogP contribution in [0.5, 0.6) is 5.75 Å². The van der Waals surface area contributed by atoms with Gasteiger partial charge in [-0.2, -0.15) is 0 Å². The number of hydrogen-bond donors (Lipinski definition) is 2. The molecule has 0 radical (unpaired) electrons. The number of hydrogen-bond acceptors (Lipinski definition) is 4. The van der Waals surface area contributed by atoms with Crippen LogP contribution in [-0.2, 0) is 0 Å². The maximum absolute atomic E-state index is 12.9. The third-order valence-corrected chi connectivity index (χ3v) is 7.85. The van der Waals surface area contributed by atoms with Crippen LogP contribution in [0.3, 0.4) is 0 Å². The maximum Gasteiger partial charge on any atom is 0.321 e. The topological polar surface area (TPSA) is 73.9 Å². The van der Waals surface area contributed by atoms with Gasteiger partial charge in [-0.3, -0.25) is 4.79 Å². The van der Waals surface area contributed by atoms with Crippen molar-refractivity contribution in [2.45, 2.75) is 56.6 Å². The largest absolute Gasteiger partial charge is 0.489 e. The van der Waals surface area contributed by atoms with Crippen molar-refractivity contribution in [3.05, 3.63) is 59.1 Å². The van der Waals surface area contributed by atoms with Crippen molar-refractivity contribution in [2.75, 3.05) is 39.0 Å². The standard InChI is InChI=1S/C28H37ClN4O3/c1-32(2)28(15-7-4-8-16-28)20-30-26(34)21-11-12-25(24(29)19-21)36-23-13-17-33(18-14-23)27(35)31-22-9-5-3-6-10-22/h3,5-6,9-12,19,23H,4,7-8,13-18,20H2,1-2H3,(H,30,34)(H,31,35). The van der Waals surface area contributed by atoms with Crippen molar-refractivity contribution in [3.63, 3.8) is 0 Å². The average molecular weight is 513 g/mol. The fourth-order valence-corrected chi connectivity index (χ4v) is 5.38. The Morgan fingerprint density at radius 2 is 1.75 bits per heavy atom. The number of amides is 3. The Kier molecular flexibility index (Phi) is 8.75. The van der Waals surface area contributed by atoms with Crippen LogP contribution >= 0.6 is 11.6 Å². The van der Waals surface area contributed by atoms with Crippen molar-refractivity contribution in [2.24, 2.45) is 0 Å². The number of ether oxygens (including phenoxy) is 1. The zero-order valence-electron chi connectivity index (χ0n) is 21.3. The predicted octanol–water partition coefficient (Wildman–Crippen LogP) is 5.41. The van der Waals surface area contributed by atoms with Crippen molar-refractivity contribution >= 4 is 29.2 Å². The number of nitrogens with zero attached hydrogens (tertiary/aromatic N) is 2. The zero-order chi connectivity index (χ0) is 25.5. The van der Waals surface area contributed by atoms with Crippen LogP contribution in [0.25, 0.3) is 0 Å². The molecular weight excluding hydrogens is 476 g/mol. The first-order chi connectivity index (χ1) is 17.4. The second-order valence-corrected chi connectivity index (χ2v) is 10.5. The molecule has 2 aromatic rings. The Hall–Kier alpha value is -2.77. The Labute approximate surface area is 219 Å². The zero-order valence-corrected chi connectivity index (χ0v) is 22.0. The lowest BCUT2D eigenvalue weighted by Crippen LogP contribution is -2.53. The molecule has 4 rings (SSSR count). The van der Waals surface area contributed by atoms with Crippen molar-refractivity contribution < 1.29 is 14.3 Å². The SMILES string of the molecule is CN(C)C1(CNC(=O)c2ccc(OC3CCN(C(=O)Nc4ccccc4)CC3)c(Cl)c2)CCCCC1. The molecule has 3 amide bonds. The molecule has 8 heteroatoms. The summed E-state index contributed by atoms with van der Waals surface area (Å²) < 4.78 is 6.14. The summed E-state index contributed by atoms with van der Waals surface area (Å²) in [6, 6.07) is 14.6. The minimum absolute atomic E-state index is 0.0214. The van der Waals surface area contributed by atoms with E-state index in [1.165, 1.54) is 19.3 Å². The van der Waals surface area contributed by atoms with E-state index in [0.717, 1.165) is 18.5 Å². The minimum Gasteiger partial charge on any atom is -0.489 e. The summed E-state index contributed by atoms with van der Waals surface area (Å²) in [5.41, 5.74) is 1.34. The fraction of sp³-hybridized carbons (Fsp3) is 0.500. The summed E-state index contributed by atoms with van der Waals surface area (Å²) in [5.74, 6) is 0.449. The van der Waals surface area contributed by atoms with Crippen LogP contribution in [0, 0.1) is 0 Å². The highest BCUT2D eigenvalue weighted by Gasteiger charge is 2.34. The molecule has 1 heterocycles. The Morgan fingerprint density at radius 3 is 2.39 bits per heavy atom. The smallest absolute Gasteiger partial charge is 0.321 e.